The van der Waals surface area contributed by atoms with Gasteiger partial charge in [-0.05, 0) is 13.8 Å². The van der Waals surface area contributed by atoms with E-state index in [4.69, 9.17) is 0 Å². The van der Waals surface area contributed by atoms with Gasteiger partial charge in [0.05, 0.1) is 18.1 Å². The molecule has 2 aromatic heterocycles. The van der Waals surface area contributed by atoms with Gasteiger partial charge < -0.3 is 0 Å². The molecule has 2 aromatic rings. The summed E-state index contributed by atoms with van der Waals surface area (Å²) in [6.45, 7) is 3.76. The van der Waals surface area contributed by atoms with Gasteiger partial charge in [-0.2, -0.15) is 9.78 Å². The first-order valence-electron chi connectivity index (χ1n) is 3.93. The molecule has 0 saturated carbocycles. The van der Waals surface area contributed by atoms with Crippen LogP contribution in [0.15, 0.2) is 18.7 Å². The summed E-state index contributed by atoms with van der Waals surface area (Å²) in [4.78, 5) is 12.3. The van der Waals surface area contributed by atoms with Crippen LogP contribution in [0.25, 0.3) is 5.82 Å². The molecular formula is C8H9N5. The molecule has 2 rings (SSSR count). The second-order valence-corrected chi connectivity index (χ2v) is 2.74. The first-order chi connectivity index (χ1) is 6.27. The van der Waals surface area contributed by atoms with Crippen LogP contribution >= 0.6 is 0 Å². The van der Waals surface area contributed by atoms with E-state index in [1.807, 2.05) is 13.8 Å². The third-order valence-electron chi connectivity index (χ3n) is 1.70. The topological polar surface area (TPSA) is 56.5 Å². The Hall–Kier alpha value is -1.78. The lowest BCUT2D eigenvalue weighted by Gasteiger charge is -2.00. The largest absolute Gasteiger partial charge is 0.256 e. The fourth-order valence-corrected chi connectivity index (χ4v) is 1.02. The third-order valence-corrected chi connectivity index (χ3v) is 1.70. The summed E-state index contributed by atoms with van der Waals surface area (Å²) in [5.41, 5.74) is 0.890. The van der Waals surface area contributed by atoms with Gasteiger partial charge >= 0.3 is 0 Å². The summed E-state index contributed by atoms with van der Waals surface area (Å²) >= 11 is 0. The Morgan fingerprint density at radius 1 is 1.08 bits per heavy atom. The zero-order valence-corrected chi connectivity index (χ0v) is 7.47. The smallest absolute Gasteiger partial charge is 0.173 e. The lowest BCUT2D eigenvalue weighted by Crippen LogP contribution is -2.02. The molecule has 5 nitrogen and oxygen atoms in total. The van der Waals surface area contributed by atoms with E-state index < -0.39 is 0 Å². The van der Waals surface area contributed by atoms with Crippen LogP contribution in [0.5, 0.6) is 0 Å². The standard InChI is InChI=1S/C8H9N5/c1-6-3-10-8(4-9-6)13-7(2)11-5-12-13/h3-5H,1-2H3. The van der Waals surface area contributed by atoms with Crippen LogP contribution in [0.1, 0.15) is 11.5 Å². The molecule has 0 aliphatic carbocycles. The summed E-state index contributed by atoms with van der Waals surface area (Å²) < 4.78 is 1.65. The third kappa shape index (κ3) is 1.40. The maximum absolute atomic E-state index is 4.18. The van der Waals surface area contributed by atoms with E-state index in [9.17, 15) is 0 Å². The highest BCUT2D eigenvalue weighted by Gasteiger charge is 2.02. The summed E-state index contributed by atoms with van der Waals surface area (Å²) in [6, 6.07) is 0. The number of rotatable bonds is 1. The Morgan fingerprint density at radius 2 is 1.92 bits per heavy atom. The van der Waals surface area contributed by atoms with Crippen molar-refractivity contribution >= 4 is 0 Å². The monoisotopic (exact) mass is 175 g/mol. The van der Waals surface area contributed by atoms with Crippen molar-refractivity contribution in [1.82, 2.24) is 24.7 Å². The fourth-order valence-electron chi connectivity index (χ4n) is 1.02. The molecule has 0 aliphatic heterocycles. The van der Waals surface area contributed by atoms with E-state index in [1.165, 1.54) is 6.33 Å². The minimum Gasteiger partial charge on any atom is -0.256 e. The molecule has 0 amide bonds. The van der Waals surface area contributed by atoms with Gasteiger partial charge in [0.25, 0.3) is 0 Å². The van der Waals surface area contributed by atoms with Gasteiger partial charge in [0, 0.05) is 0 Å². The average molecular weight is 175 g/mol. The Balaban J connectivity index is 2.47. The maximum atomic E-state index is 4.18. The van der Waals surface area contributed by atoms with Crippen LogP contribution in [0, 0.1) is 13.8 Å². The van der Waals surface area contributed by atoms with Crippen molar-refractivity contribution in [3.63, 3.8) is 0 Å². The molecule has 0 aromatic carbocycles. The number of aromatic nitrogens is 5. The van der Waals surface area contributed by atoms with Gasteiger partial charge in [-0.25, -0.2) is 9.97 Å². The van der Waals surface area contributed by atoms with Gasteiger partial charge in [-0.3, -0.25) is 4.98 Å². The Morgan fingerprint density at radius 3 is 2.46 bits per heavy atom. The SMILES string of the molecule is Cc1cnc(-n2ncnc2C)cn1. The fraction of sp³-hybridized carbons (Fsp3) is 0.250. The lowest BCUT2D eigenvalue weighted by atomic mass is 10.5. The number of aryl methyl sites for hydroxylation is 2. The van der Waals surface area contributed by atoms with Gasteiger partial charge in [-0.15, -0.1) is 0 Å². The number of hydrogen-bond acceptors (Lipinski definition) is 4. The van der Waals surface area contributed by atoms with Crippen molar-refractivity contribution in [3.8, 4) is 5.82 Å². The molecule has 0 N–H and O–H groups in total. The molecule has 0 aliphatic rings. The number of nitrogens with zero attached hydrogens (tertiary/aromatic N) is 5. The van der Waals surface area contributed by atoms with Crippen molar-refractivity contribution in [2.24, 2.45) is 0 Å². The van der Waals surface area contributed by atoms with Crippen molar-refractivity contribution in [1.29, 1.82) is 0 Å². The molecule has 2 heterocycles. The Kier molecular flexibility index (Phi) is 1.77. The van der Waals surface area contributed by atoms with Gasteiger partial charge in [-0.1, -0.05) is 0 Å². The van der Waals surface area contributed by atoms with E-state index >= 15 is 0 Å². The van der Waals surface area contributed by atoms with Gasteiger partial charge in [0.1, 0.15) is 12.2 Å². The normalized spacial score (nSPS) is 10.3. The molecule has 0 spiro atoms. The molecule has 13 heavy (non-hydrogen) atoms. The summed E-state index contributed by atoms with van der Waals surface area (Å²) in [5, 5.41) is 4.02. The summed E-state index contributed by atoms with van der Waals surface area (Å²) in [5.74, 6) is 1.50. The quantitative estimate of drug-likeness (QED) is 0.639. The Bertz CT molecular complexity index is 403. The maximum Gasteiger partial charge on any atom is 0.173 e. The predicted octanol–water partition coefficient (Wildman–Crippen LogP) is 0.674. The molecule has 0 bridgehead atoms. The summed E-state index contributed by atoms with van der Waals surface area (Å²) in [7, 11) is 0. The van der Waals surface area contributed by atoms with Crippen molar-refractivity contribution in [2.75, 3.05) is 0 Å². The Labute approximate surface area is 75.5 Å². The lowest BCUT2D eigenvalue weighted by molar-refractivity contribution is 0.801. The first-order valence-corrected chi connectivity index (χ1v) is 3.93. The molecule has 5 heteroatoms. The van der Waals surface area contributed by atoms with Crippen molar-refractivity contribution in [2.45, 2.75) is 13.8 Å². The van der Waals surface area contributed by atoms with Crippen molar-refractivity contribution in [3.05, 3.63) is 30.2 Å². The van der Waals surface area contributed by atoms with E-state index in [1.54, 1.807) is 17.1 Å². The molecule has 0 atom stereocenters. The van der Waals surface area contributed by atoms with E-state index in [0.717, 1.165) is 11.5 Å². The minimum atomic E-state index is 0.695. The predicted molar refractivity (Wildman–Crippen MR) is 46.4 cm³/mol. The highest BCUT2D eigenvalue weighted by molar-refractivity contribution is 5.17. The molecule has 0 fully saturated rings. The number of hydrogen-bond donors (Lipinski definition) is 0. The van der Waals surface area contributed by atoms with Gasteiger partial charge in [0.15, 0.2) is 5.82 Å². The average Bonchev–Trinajstić information content (AvgIpc) is 2.53. The van der Waals surface area contributed by atoms with Gasteiger partial charge in [0.2, 0.25) is 0 Å². The van der Waals surface area contributed by atoms with Crippen LogP contribution in [-0.2, 0) is 0 Å². The van der Waals surface area contributed by atoms with E-state index in [-0.39, 0.29) is 0 Å². The van der Waals surface area contributed by atoms with Crippen LogP contribution in [0.3, 0.4) is 0 Å². The first kappa shape index (κ1) is 7.85. The molecule has 66 valence electrons. The van der Waals surface area contributed by atoms with Crippen LogP contribution < -0.4 is 0 Å². The van der Waals surface area contributed by atoms with E-state index in [0.29, 0.717) is 5.82 Å². The second-order valence-electron chi connectivity index (χ2n) is 2.74. The van der Waals surface area contributed by atoms with Crippen LogP contribution in [0.4, 0.5) is 0 Å². The van der Waals surface area contributed by atoms with Crippen LogP contribution in [-0.4, -0.2) is 24.7 Å². The van der Waals surface area contributed by atoms with E-state index in [2.05, 4.69) is 20.1 Å². The minimum absolute atomic E-state index is 0.695. The zero-order chi connectivity index (χ0) is 9.26. The molecule has 0 saturated heterocycles. The van der Waals surface area contributed by atoms with Crippen molar-refractivity contribution < 1.29 is 0 Å². The molecule has 0 radical (unpaired) electrons. The second kappa shape index (κ2) is 2.93. The van der Waals surface area contributed by atoms with Crippen LogP contribution in [0.2, 0.25) is 0 Å². The zero-order valence-electron chi connectivity index (χ0n) is 7.47. The molecule has 0 unspecified atom stereocenters. The summed E-state index contributed by atoms with van der Waals surface area (Å²) in [6.07, 6.45) is 4.88. The molecular weight excluding hydrogens is 166 g/mol. The highest BCUT2D eigenvalue weighted by atomic mass is 15.4. The highest BCUT2D eigenvalue weighted by Crippen LogP contribution is 2.02.